The molecular weight excluding hydrogens is 208 g/mol. The molecule has 0 atom stereocenters. The molecule has 86 valence electrons. The van der Waals surface area contributed by atoms with Crippen LogP contribution in [0.4, 0.5) is 5.82 Å². The van der Waals surface area contributed by atoms with Gasteiger partial charge in [0, 0.05) is 31.8 Å². The predicted molar refractivity (Wildman–Crippen MR) is 60.0 cm³/mol. The summed E-state index contributed by atoms with van der Waals surface area (Å²) in [6.45, 7) is 3.18. The summed E-state index contributed by atoms with van der Waals surface area (Å²) >= 11 is 0. The molecule has 0 amide bonds. The molecule has 0 radical (unpaired) electrons. The number of carboxylic acid groups (broad SMARTS) is 1. The Kier molecular flexibility index (Phi) is 2.46. The van der Waals surface area contributed by atoms with Gasteiger partial charge in [-0.2, -0.15) is 0 Å². The Bertz CT molecular complexity index is 505. The molecule has 1 N–H and O–H groups in total. The molecule has 0 aromatic carbocycles. The summed E-state index contributed by atoms with van der Waals surface area (Å²) in [5.74, 6) is -0.114. The fourth-order valence-corrected chi connectivity index (χ4v) is 2.17. The molecule has 16 heavy (non-hydrogen) atoms. The summed E-state index contributed by atoms with van der Waals surface area (Å²) in [4.78, 5) is 24.4. The number of aliphatic carboxylic acids is 1. The van der Waals surface area contributed by atoms with E-state index in [1.807, 2.05) is 11.9 Å². The van der Waals surface area contributed by atoms with Crippen LogP contribution in [0.3, 0.4) is 0 Å². The van der Waals surface area contributed by atoms with Gasteiger partial charge in [0.25, 0.3) is 5.56 Å². The highest BCUT2D eigenvalue weighted by Gasteiger charge is 2.23. The molecule has 2 heterocycles. The molecule has 5 heteroatoms. The number of aromatic nitrogens is 1. The smallest absolute Gasteiger partial charge is 0.307 e. The van der Waals surface area contributed by atoms with Gasteiger partial charge in [-0.1, -0.05) is 0 Å². The van der Waals surface area contributed by atoms with Crippen LogP contribution in [0.2, 0.25) is 0 Å². The van der Waals surface area contributed by atoms with Crippen molar-refractivity contribution in [1.82, 2.24) is 4.57 Å². The number of carbonyl (C=O) groups is 1. The normalized spacial score (nSPS) is 14.0. The van der Waals surface area contributed by atoms with Gasteiger partial charge in [0.05, 0.1) is 6.42 Å². The highest BCUT2D eigenvalue weighted by atomic mass is 16.4. The maximum absolute atomic E-state index is 11.7. The first-order chi connectivity index (χ1) is 7.50. The van der Waals surface area contributed by atoms with Crippen LogP contribution in [-0.2, 0) is 17.8 Å². The second kappa shape index (κ2) is 3.66. The van der Waals surface area contributed by atoms with Gasteiger partial charge in [-0.25, -0.2) is 0 Å². The topological polar surface area (TPSA) is 62.5 Å². The maximum atomic E-state index is 11.7. The van der Waals surface area contributed by atoms with E-state index in [2.05, 4.69) is 0 Å². The zero-order valence-corrected chi connectivity index (χ0v) is 9.36. The zero-order valence-electron chi connectivity index (χ0n) is 9.36. The Balaban J connectivity index is 2.64. The molecule has 0 bridgehead atoms. The molecule has 2 rings (SSSR count). The summed E-state index contributed by atoms with van der Waals surface area (Å²) in [5.41, 5.74) is 1.45. The van der Waals surface area contributed by atoms with Crippen molar-refractivity contribution in [3.05, 3.63) is 27.5 Å². The first kappa shape index (κ1) is 10.7. The summed E-state index contributed by atoms with van der Waals surface area (Å²) in [7, 11) is 1.88. The van der Waals surface area contributed by atoms with Crippen molar-refractivity contribution in [1.29, 1.82) is 0 Å². The fourth-order valence-electron chi connectivity index (χ4n) is 2.17. The number of rotatable bonds is 2. The van der Waals surface area contributed by atoms with Crippen molar-refractivity contribution >= 4 is 11.8 Å². The van der Waals surface area contributed by atoms with Crippen molar-refractivity contribution in [2.75, 3.05) is 18.5 Å². The Hall–Kier alpha value is -1.78. The third kappa shape index (κ3) is 1.58. The van der Waals surface area contributed by atoms with E-state index in [0.717, 1.165) is 23.5 Å². The van der Waals surface area contributed by atoms with E-state index < -0.39 is 5.97 Å². The Labute approximate surface area is 92.9 Å². The quantitative estimate of drug-likeness (QED) is 0.778. The molecule has 1 aliphatic heterocycles. The van der Waals surface area contributed by atoms with E-state index in [9.17, 15) is 9.59 Å². The zero-order chi connectivity index (χ0) is 11.9. The highest BCUT2D eigenvalue weighted by molar-refractivity contribution is 5.74. The second-order valence-electron chi connectivity index (χ2n) is 4.11. The van der Waals surface area contributed by atoms with Crippen molar-refractivity contribution < 1.29 is 9.90 Å². The minimum atomic E-state index is -0.871. The lowest BCUT2D eigenvalue weighted by Gasteiger charge is -2.17. The number of anilines is 1. The second-order valence-corrected chi connectivity index (χ2v) is 4.11. The van der Waals surface area contributed by atoms with Gasteiger partial charge >= 0.3 is 5.97 Å². The van der Waals surface area contributed by atoms with E-state index in [4.69, 9.17) is 5.11 Å². The number of hydrogen-bond acceptors (Lipinski definition) is 3. The number of pyridine rings is 1. The van der Waals surface area contributed by atoms with Crippen LogP contribution in [0.1, 0.15) is 11.1 Å². The van der Waals surface area contributed by atoms with Crippen molar-refractivity contribution in [2.45, 2.75) is 19.9 Å². The van der Waals surface area contributed by atoms with Crippen molar-refractivity contribution in [3.8, 4) is 0 Å². The molecule has 0 saturated carbocycles. The lowest BCUT2D eigenvalue weighted by molar-refractivity contribution is -0.136. The third-order valence-electron chi connectivity index (χ3n) is 2.96. The predicted octanol–water partition coefficient (Wildman–Crippen LogP) is 0.234. The first-order valence-electron chi connectivity index (χ1n) is 5.17. The van der Waals surface area contributed by atoms with Crippen LogP contribution in [0.15, 0.2) is 10.9 Å². The van der Waals surface area contributed by atoms with Crippen LogP contribution < -0.4 is 10.5 Å². The fraction of sp³-hybridized carbons (Fsp3) is 0.455. The van der Waals surface area contributed by atoms with Gasteiger partial charge in [0.2, 0.25) is 0 Å². The number of aryl methyl sites for hydroxylation is 1. The van der Waals surface area contributed by atoms with Gasteiger partial charge in [-0.15, -0.1) is 0 Å². The standard InChI is InChI=1S/C11H14N2O3/c1-7-5-9(14)13-4-3-12(2)11(13)8(7)6-10(15)16/h5H,3-4,6H2,1-2H3,(H,15,16). The maximum Gasteiger partial charge on any atom is 0.307 e. The SMILES string of the molecule is Cc1cc(=O)n2c(c1CC(=O)O)N(C)CC2. The van der Waals surface area contributed by atoms with Gasteiger partial charge < -0.3 is 10.0 Å². The largest absolute Gasteiger partial charge is 0.481 e. The molecule has 0 spiro atoms. The van der Waals surface area contributed by atoms with Crippen LogP contribution in [0.25, 0.3) is 0 Å². The van der Waals surface area contributed by atoms with Crippen LogP contribution in [-0.4, -0.2) is 29.2 Å². The molecule has 1 aromatic heterocycles. The van der Waals surface area contributed by atoms with Crippen molar-refractivity contribution in [3.63, 3.8) is 0 Å². The Morgan fingerprint density at radius 2 is 2.19 bits per heavy atom. The summed E-state index contributed by atoms with van der Waals surface area (Å²) in [6.07, 6.45) is -0.0359. The van der Waals surface area contributed by atoms with E-state index in [1.165, 1.54) is 6.07 Å². The summed E-state index contributed by atoms with van der Waals surface area (Å²) in [6, 6.07) is 1.51. The third-order valence-corrected chi connectivity index (χ3v) is 2.96. The average Bonchev–Trinajstić information content (AvgIpc) is 2.55. The Morgan fingerprint density at radius 3 is 2.81 bits per heavy atom. The first-order valence-corrected chi connectivity index (χ1v) is 5.17. The lowest BCUT2D eigenvalue weighted by atomic mass is 10.1. The van der Waals surface area contributed by atoms with Gasteiger partial charge in [-0.3, -0.25) is 14.2 Å². The molecule has 0 aliphatic carbocycles. The molecule has 0 fully saturated rings. The highest BCUT2D eigenvalue weighted by Crippen LogP contribution is 2.25. The molecular formula is C11H14N2O3. The number of fused-ring (bicyclic) bond motifs is 1. The summed E-state index contributed by atoms with van der Waals surface area (Å²) < 4.78 is 1.64. The molecule has 5 nitrogen and oxygen atoms in total. The van der Waals surface area contributed by atoms with Crippen LogP contribution in [0, 0.1) is 6.92 Å². The molecule has 0 saturated heterocycles. The molecule has 0 unspecified atom stereocenters. The van der Waals surface area contributed by atoms with Crippen LogP contribution >= 0.6 is 0 Å². The monoisotopic (exact) mass is 222 g/mol. The van der Waals surface area contributed by atoms with E-state index in [-0.39, 0.29) is 12.0 Å². The number of carboxylic acids is 1. The molecule has 1 aromatic rings. The van der Waals surface area contributed by atoms with E-state index >= 15 is 0 Å². The van der Waals surface area contributed by atoms with Crippen LogP contribution in [0.5, 0.6) is 0 Å². The number of likely N-dealkylation sites (N-methyl/N-ethyl adjacent to an activating group) is 1. The average molecular weight is 222 g/mol. The number of hydrogen-bond donors (Lipinski definition) is 1. The van der Waals surface area contributed by atoms with Gasteiger partial charge in [0.15, 0.2) is 0 Å². The van der Waals surface area contributed by atoms with E-state index in [1.54, 1.807) is 11.5 Å². The molecule has 1 aliphatic rings. The Morgan fingerprint density at radius 1 is 1.50 bits per heavy atom. The minimum Gasteiger partial charge on any atom is -0.481 e. The van der Waals surface area contributed by atoms with Crippen molar-refractivity contribution in [2.24, 2.45) is 0 Å². The van der Waals surface area contributed by atoms with Gasteiger partial charge in [0.1, 0.15) is 5.82 Å². The lowest BCUT2D eigenvalue weighted by Crippen LogP contribution is -2.22. The van der Waals surface area contributed by atoms with Gasteiger partial charge in [-0.05, 0) is 12.5 Å². The minimum absolute atomic E-state index is 0.0359. The summed E-state index contributed by atoms with van der Waals surface area (Å²) in [5, 5.41) is 8.87. The van der Waals surface area contributed by atoms with E-state index in [0.29, 0.717) is 6.54 Å². The number of nitrogens with zero attached hydrogens (tertiary/aromatic N) is 2.